The molecule has 2 aromatic rings. The van der Waals surface area contributed by atoms with Crippen LogP contribution in [0.25, 0.3) is 0 Å². The van der Waals surface area contributed by atoms with Crippen LogP contribution in [0.3, 0.4) is 0 Å². The lowest BCUT2D eigenvalue weighted by molar-refractivity contribution is 0.591. The molecule has 4 heteroatoms. The number of halogens is 3. The van der Waals surface area contributed by atoms with Crippen molar-refractivity contribution in [3.05, 3.63) is 68.9 Å². The van der Waals surface area contributed by atoms with Crippen molar-refractivity contribution < 1.29 is 4.39 Å². The lowest BCUT2D eigenvalue weighted by atomic mass is 9.92. The Morgan fingerprint density at radius 3 is 2.67 bits per heavy atom. The summed E-state index contributed by atoms with van der Waals surface area (Å²) in [6, 6.07) is 13.2. The molecule has 0 saturated heterocycles. The highest BCUT2D eigenvalue weighted by Gasteiger charge is 2.15. The van der Waals surface area contributed by atoms with E-state index in [0.717, 1.165) is 29.5 Å². The second kappa shape index (κ2) is 7.92. The smallest absolute Gasteiger partial charge is 0.141 e. The Bertz CT molecular complexity index is 603. The van der Waals surface area contributed by atoms with E-state index in [2.05, 4.69) is 34.2 Å². The second-order valence-electron chi connectivity index (χ2n) is 4.98. The molecule has 0 bridgehead atoms. The van der Waals surface area contributed by atoms with Crippen molar-refractivity contribution in [2.24, 2.45) is 0 Å². The Balaban J connectivity index is 2.24. The molecule has 1 nitrogen and oxygen atoms in total. The van der Waals surface area contributed by atoms with Gasteiger partial charge in [-0.25, -0.2) is 4.39 Å². The van der Waals surface area contributed by atoms with Crippen LogP contribution in [-0.2, 0) is 6.42 Å². The number of rotatable bonds is 6. The first kappa shape index (κ1) is 16.5. The van der Waals surface area contributed by atoms with Crippen LogP contribution in [0.4, 0.5) is 4.39 Å². The van der Waals surface area contributed by atoms with Gasteiger partial charge in [-0.1, -0.05) is 58.7 Å². The maximum absolute atomic E-state index is 13.3. The molecule has 0 fully saturated rings. The average molecular weight is 371 g/mol. The summed E-state index contributed by atoms with van der Waals surface area (Å²) < 4.78 is 14.4. The summed E-state index contributed by atoms with van der Waals surface area (Å²) in [7, 11) is 0. The van der Waals surface area contributed by atoms with Gasteiger partial charge in [-0.2, -0.15) is 0 Å². The van der Waals surface area contributed by atoms with Crippen molar-refractivity contribution in [1.29, 1.82) is 0 Å². The summed E-state index contributed by atoms with van der Waals surface area (Å²) in [5, 5.41) is 3.57. The molecular weight excluding hydrogens is 353 g/mol. The van der Waals surface area contributed by atoms with E-state index in [9.17, 15) is 4.39 Å². The minimum Gasteiger partial charge on any atom is -0.316 e. The zero-order chi connectivity index (χ0) is 15.2. The normalized spacial score (nSPS) is 12.4. The van der Waals surface area contributed by atoms with Crippen LogP contribution in [0.5, 0.6) is 0 Å². The molecule has 1 atom stereocenters. The Morgan fingerprint density at radius 1 is 1.24 bits per heavy atom. The Kier molecular flexibility index (Phi) is 6.22. The molecule has 21 heavy (non-hydrogen) atoms. The molecule has 1 unspecified atom stereocenters. The predicted octanol–water partition coefficient (Wildman–Crippen LogP) is 5.18. The Hall–Kier alpha value is -0.900. The molecule has 2 aromatic carbocycles. The van der Waals surface area contributed by atoms with Crippen molar-refractivity contribution in [2.75, 3.05) is 13.1 Å². The minimum atomic E-state index is -0.371. The molecule has 0 saturated carbocycles. The third-order valence-electron chi connectivity index (χ3n) is 3.45. The largest absolute Gasteiger partial charge is 0.316 e. The van der Waals surface area contributed by atoms with E-state index >= 15 is 0 Å². The first-order chi connectivity index (χ1) is 10.1. The third kappa shape index (κ3) is 4.53. The zero-order valence-corrected chi connectivity index (χ0v) is 14.2. The van der Waals surface area contributed by atoms with Gasteiger partial charge in [0.05, 0.1) is 5.02 Å². The van der Waals surface area contributed by atoms with E-state index in [0.29, 0.717) is 5.92 Å². The topological polar surface area (TPSA) is 12.0 Å². The van der Waals surface area contributed by atoms with Crippen molar-refractivity contribution in [2.45, 2.75) is 19.3 Å². The van der Waals surface area contributed by atoms with Gasteiger partial charge in [0.15, 0.2) is 0 Å². The molecule has 0 amide bonds. The second-order valence-corrected chi connectivity index (χ2v) is 6.24. The molecule has 0 aromatic heterocycles. The molecule has 0 spiro atoms. The molecule has 0 aliphatic heterocycles. The molecule has 2 rings (SSSR count). The average Bonchev–Trinajstić information content (AvgIpc) is 2.48. The van der Waals surface area contributed by atoms with Crippen LogP contribution in [0.1, 0.15) is 24.0 Å². The Morgan fingerprint density at radius 2 is 2.00 bits per heavy atom. The van der Waals surface area contributed by atoms with Gasteiger partial charge < -0.3 is 5.32 Å². The summed E-state index contributed by atoms with van der Waals surface area (Å²) in [6.07, 6.45) is 0.815. The van der Waals surface area contributed by atoms with Gasteiger partial charge in [0.2, 0.25) is 0 Å². The number of likely N-dealkylation sites (N-methyl/N-ethyl adjacent to an activating group) is 1. The fourth-order valence-electron chi connectivity index (χ4n) is 2.37. The first-order valence-electron chi connectivity index (χ1n) is 7.01. The molecular formula is C17H18BrClFN. The predicted molar refractivity (Wildman–Crippen MR) is 90.5 cm³/mol. The van der Waals surface area contributed by atoms with Crippen LogP contribution in [0, 0.1) is 5.82 Å². The fraction of sp³-hybridized carbons (Fsp3) is 0.294. The van der Waals surface area contributed by atoms with Gasteiger partial charge in [-0.05, 0) is 42.3 Å². The van der Waals surface area contributed by atoms with Gasteiger partial charge >= 0.3 is 0 Å². The van der Waals surface area contributed by atoms with Gasteiger partial charge in [0.25, 0.3) is 0 Å². The highest BCUT2D eigenvalue weighted by Crippen LogP contribution is 2.28. The first-order valence-corrected chi connectivity index (χ1v) is 8.18. The van der Waals surface area contributed by atoms with E-state index in [1.54, 1.807) is 12.1 Å². The van der Waals surface area contributed by atoms with E-state index in [4.69, 9.17) is 11.6 Å². The number of hydrogen-bond donors (Lipinski definition) is 1. The molecule has 1 N–H and O–H groups in total. The summed E-state index contributed by atoms with van der Waals surface area (Å²) in [4.78, 5) is 0. The summed E-state index contributed by atoms with van der Waals surface area (Å²) >= 11 is 9.49. The van der Waals surface area contributed by atoms with Crippen LogP contribution in [0.2, 0.25) is 5.02 Å². The van der Waals surface area contributed by atoms with Gasteiger partial charge in [-0.3, -0.25) is 0 Å². The van der Waals surface area contributed by atoms with Gasteiger partial charge in [0.1, 0.15) is 5.82 Å². The number of benzene rings is 2. The highest BCUT2D eigenvalue weighted by atomic mass is 79.9. The summed E-state index contributed by atoms with van der Waals surface area (Å²) in [6.45, 7) is 3.88. The maximum atomic E-state index is 13.3. The summed E-state index contributed by atoms with van der Waals surface area (Å²) in [5.74, 6) is -0.0633. The lowest BCUT2D eigenvalue weighted by Gasteiger charge is -2.19. The third-order valence-corrected chi connectivity index (χ3v) is 4.46. The van der Waals surface area contributed by atoms with E-state index in [1.807, 2.05) is 18.2 Å². The van der Waals surface area contributed by atoms with E-state index in [1.165, 1.54) is 11.6 Å². The van der Waals surface area contributed by atoms with E-state index < -0.39 is 0 Å². The summed E-state index contributed by atoms with van der Waals surface area (Å²) in [5.41, 5.74) is 2.29. The number of nitrogens with one attached hydrogen (secondary N) is 1. The monoisotopic (exact) mass is 369 g/mol. The van der Waals surface area contributed by atoms with Crippen LogP contribution in [-0.4, -0.2) is 13.1 Å². The SMILES string of the molecule is CCNCC(Cc1ccc(F)c(Cl)c1)c1ccccc1Br. The van der Waals surface area contributed by atoms with Crippen molar-refractivity contribution in [3.8, 4) is 0 Å². The highest BCUT2D eigenvalue weighted by molar-refractivity contribution is 9.10. The quantitative estimate of drug-likeness (QED) is 0.739. The van der Waals surface area contributed by atoms with Crippen LogP contribution < -0.4 is 5.32 Å². The fourth-order valence-corrected chi connectivity index (χ4v) is 3.18. The van der Waals surface area contributed by atoms with Crippen molar-refractivity contribution in [1.82, 2.24) is 5.32 Å². The molecule has 112 valence electrons. The van der Waals surface area contributed by atoms with E-state index in [-0.39, 0.29) is 10.8 Å². The van der Waals surface area contributed by atoms with Gasteiger partial charge in [0, 0.05) is 16.9 Å². The maximum Gasteiger partial charge on any atom is 0.141 e. The Labute approximate surface area is 138 Å². The van der Waals surface area contributed by atoms with Gasteiger partial charge in [-0.15, -0.1) is 0 Å². The standard InChI is InChI=1S/C17H18BrClFN/c1-2-21-11-13(14-5-3-4-6-15(14)18)9-12-7-8-17(20)16(19)10-12/h3-8,10,13,21H,2,9,11H2,1H3. The zero-order valence-electron chi connectivity index (χ0n) is 11.9. The van der Waals surface area contributed by atoms with Crippen molar-refractivity contribution >= 4 is 27.5 Å². The molecule has 0 heterocycles. The van der Waals surface area contributed by atoms with Crippen molar-refractivity contribution in [3.63, 3.8) is 0 Å². The lowest BCUT2D eigenvalue weighted by Crippen LogP contribution is -2.23. The molecule has 0 radical (unpaired) electrons. The van der Waals surface area contributed by atoms with Crippen LogP contribution in [0.15, 0.2) is 46.9 Å². The molecule has 0 aliphatic carbocycles. The minimum absolute atomic E-state index is 0.182. The number of hydrogen-bond acceptors (Lipinski definition) is 1. The molecule has 0 aliphatic rings. The van der Waals surface area contributed by atoms with Crippen LogP contribution >= 0.6 is 27.5 Å².